The second kappa shape index (κ2) is 42.6. The molecule has 20 N–H and O–H groups in total. The third kappa shape index (κ3) is 31.7. The second-order valence-corrected chi connectivity index (χ2v) is 40.1. The van der Waals surface area contributed by atoms with E-state index in [4.69, 9.17) is 39.0 Å². The van der Waals surface area contributed by atoms with Crippen molar-refractivity contribution < 1.29 is 161 Å². The van der Waals surface area contributed by atoms with Crippen LogP contribution in [0.2, 0.25) is 0 Å². The van der Waals surface area contributed by atoms with Gasteiger partial charge in [0.1, 0.15) is 84.1 Å². The van der Waals surface area contributed by atoms with E-state index in [2.05, 4.69) is 87.0 Å². The van der Waals surface area contributed by atoms with E-state index in [1.165, 1.54) is 38.8 Å². The summed E-state index contributed by atoms with van der Waals surface area (Å²) in [6, 6.07) is 8.34. The number of hydrogen-bond acceptors (Lipinski definition) is 34. The fourth-order valence-corrected chi connectivity index (χ4v) is 18.4. The number of carbonyl (C=O) groups is 6. The van der Waals surface area contributed by atoms with Gasteiger partial charge in [-0.2, -0.15) is 8.62 Å². The highest BCUT2D eigenvalue weighted by atomic mass is 31.3. The van der Waals surface area contributed by atoms with E-state index in [1.807, 2.05) is 33.8 Å². The highest BCUT2D eigenvalue weighted by Crippen LogP contribution is 2.63. The molecule has 14 unspecified atom stereocenters. The molecule has 48 nitrogen and oxygen atoms in total. The second-order valence-electron chi connectivity index (χ2n) is 31.6. The van der Waals surface area contributed by atoms with Crippen LogP contribution in [0.15, 0.2) is 49.6 Å². The van der Waals surface area contributed by atoms with Crippen molar-refractivity contribution in [3.8, 4) is 0 Å². The molecule has 14 atom stereocenters. The van der Waals surface area contributed by atoms with E-state index < -0.39 is 169 Å². The topological polar surface area (TPSA) is 727 Å². The van der Waals surface area contributed by atoms with E-state index in [1.54, 1.807) is 0 Å². The molecular weight excluding hydrogens is 1720 g/mol. The number of amides is 4. The molecule has 2 saturated heterocycles. The van der Waals surface area contributed by atoms with Gasteiger partial charge in [0.2, 0.25) is 23.6 Å². The SMILES string of the molecule is CC(C)(CCCCc1cccc(CCCCC(C)(C)CC(=O)CCNC(=O)CCNC(=O)C(O)C(C)(C)COP(=O)(O)OP(=O)(O)OCC2OC(n3cnc4c(N)ncnc43)C(O)C2OP(=O)(O)O)c1)CC(=O)CCNC(=O)CCNC(=O)C(O)C(C)(C)COP(=O)(O)OP(=O)(O)OCC1OC(n2cnc3c(N)ncnc32)C(O)C1OP(=O)(O)O. The minimum atomic E-state index is -5.64. The quantitative estimate of drug-likeness (QED) is 0.0196. The fourth-order valence-electron chi connectivity index (χ4n) is 12.8. The molecule has 54 heteroatoms. The summed E-state index contributed by atoms with van der Waals surface area (Å²) in [5.74, 6) is -3.34. The Hall–Kier alpha value is -6.36. The molecule has 120 heavy (non-hydrogen) atoms. The number of aryl methyl sites for hydroxylation is 2. The summed E-state index contributed by atoms with van der Waals surface area (Å²) in [6.07, 6.45) is -7.21. The van der Waals surface area contributed by atoms with Crippen LogP contribution in [0.5, 0.6) is 0 Å². The number of fused-ring (bicyclic) bond motifs is 2. The van der Waals surface area contributed by atoms with Crippen molar-refractivity contribution in [1.82, 2.24) is 60.3 Å². The van der Waals surface area contributed by atoms with Crippen molar-refractivity contribution in [3.63, 3.8) is 0 Å². The Balaban J connectivity index is 0.695. The van der Waals surface area contributed by atoms with E-state index in [0.29, 0.717) is 0 Å². The van der Waals surface area contributed by atoms with Crippen LogP contribution in [-0.4, -0.2) is 235 Å². The zero-order valence-corrected chi connectivity index (χ0v) is 72.1. The minimum absolute atomic E-state index is 0.00538. The first-order valence-electron chi connectivity index (χ1n) is 37.5. The monoisotopic (exact) mass is 1820 g/mol. The summed E-state index contributed by atoms with van der Waals surface area (Å²) < 4.78 is 126. The maximum Gasteiger partial charge on any atom is 0.481 e. The molecule has 2 aliphatic heterocycles. The summed E-state index contributed by atoms with van der Waals surface area (Å²) in [7, 11) is -33.2. The summed E-state index contributed by atoms with van der Waals surface area (Å²) in [4.78, 5) is 180. The number of aliphatic hydroxyl groups excluding tert-OH is 4. The molecule has 0 saturated carbocycles. The number of nitrogens with zero attached hydrogens (tertiary/aromatic N) is 8. The number of ether oxygens (including phenoxy) is 2. The zero-order chi connectivity index (χ0) is 89.4. The van der Waals surface area contributed by atoms with Crippen LogP contribution in [0.4, 0.5) is 11.6 Å². The third-order valence-electron chi connectivity index (χ3n) is 19.1. The van der Waals surface area contributed by atoms with Gasteiger partial charge in [-0.25, -0.2) is 57.3 Å². The predicted octanol–water partition coefficient (Wildman–Crippen LogP) is 2.70. The lowest BCUT2D eigenvalue weighted by Crippen LogP contribution is -2.46. The minimum Gasteiger partial charge on any atom is -0.386 e. The van der Waals surface area contributed by atoms with Crippen molar-refractivity contribution in [1.29, 1.82) is 0 Å². The Kier molecular flexibility index (Phi) is 35.7. The number of anilines is 2. The average molecular weight is 1830 g/mol. The van der Waals surface area contributed by atoms with Gasteiger partial charge in [-0.1, -0.05) is 92.5 Å². The molecule has 0 aliphatic carbocycles. The lowest BCUT2D eigenvalue weighted by atomic mass is 9.81. The number of nitrogens with two attached hydrogens (primary N) is 2. The first-order valence-corrected chi connectivity index (χ1v) is 46.5. The number of hydrogen-bond donors (Lipinski definition) is 18. The highest BCUT2D eigenvalue weighted by molar-refractivity contribution is 7.61. The number of ketones is 2. The smallest absolute Gasteiger partial charge is 0.386 e. The van der Waals surface area contributed by atoms with Crippen molar-refractivity contribution >= 4 is 116 Å². The van der Waals surface area contributed by atoms with Crippen molar-refractivity contribution in [2.24, 2.45) is 21.7 Å². The van der Waals surface area contributed by atoms with Crippen LogP contribution in [0, 0.1) is 21.7 Å². The van der Waals surface area contributed by atoms with Crippen molar-refractivity contribution in [2.75, 3.05) is 64.1 Å². The van der Waals surface area contributed by atoms with E-state index in [-0.39, 0.29) is 121 Å². The molecule has 0 spiro atoms. The molecule has 0 radical (unpaired) electrons. The van der Waals surface area contributed by atoms with Gasteiger partial charge in [-0.3, -0.25) is 65.0 Å². The molecule has 6 heterocycles. The number of carbonyl (C=O) groups excluding carboxylic acids is 6. The number of aliphatic hydroxyl groups is 4. The zero-order valence-electron chi connectivity index (χ0n) is 66.7. The standard InChI is InChI=1S/C66H106N14O34P6/c1-63(2,29-41(81)18-24-69-45(83)20-26-71-59(89)53(87)65(5,6)33-107-119(101,102)113-117(97,98)105-31-43-51(111-115(91,92)93)49(85)61(109-43)79-37-77-47-55(67)73-35-75-57(47)79)22-11-9-14-39-16-13-17-40(28-39)15-10-12-23-64(3,4)30-42(82)19-25-70-46(84)21-27-72-60(90)54(88)66(7,8)34-108-120(103,104)114-118(99,100)106-32-44-52(112-116(94,95)96)50(86)62(110-44)80-38-78-48-56(68)74-36-76-58(48)80/h13,16-17,28,35-38,43-44,49-54,61-62,85-88H,9-12,14-15,18-27,29-34H2,1-8H3,(H,69,83)(H,70,84)(H,71,89)(H,72,90)(H,97,98)(H,99,100)(H,101,102)(H,103,104)(H2,67,73,75)(H2,68,74,76)(H2,91,92,93)(H2,94,95,96). The number of benzene rings is 1. The van der Waals surface area contributed by atoms with Crippen LogP contribution in [-0.2, 0) is 114 Å². The summed E-state index contributed by atoms with van der Waals surface area (Å²) in [6.45, 7) is 8.22. The molecule has 674 valence electrons. The van der Waals surface area contributed by atoms with Gasteiger partial charge in [-0.15, -0.1) is 0 Å². The van der Waals surface area contributed by atoms with Crippen LogP contribution in [0.1, 0.15) is 156 Å². The van der Waals surface area contributed by atoms with Gasteiger partial charge in [-0.05, 0) is 60.5 Å². The maximum absolute atomic E-state index is 13.0. The first kappa shape index (κ1) is 101. The lowest BCUT2D eigenvalue weighted by Gasteiger charge is -2.30. The van der Waals surface area contributed by atoms with Crippen LogP contribution < -0.4 is 32.7 Å². The number of phosphoric ester groups is 6. The number of unbranched alkanes of at least 4 members (excludes halogenated alkanes) is 2. The Morgan fingerprint density at radius 2 is 0.850 bits per heavy atom. The molecule has 4 amide bonds. The largest absolute Gasteiger partial charge is 0.481 e. The number of imidazole rings is 2. The molecule has 7 rings (SSSR count). The molecule has 0 bridgehead atoms. The van der Waals surface area contributed by atoms with Crippen LogP contribution in [0.25, 0.3) is 22.3 Å². The van der Waals surface area contributed by atoms with Gasteiger partial charge in [0.25, 0.3) is 0 Å². The van der Waals surface area contributed by atoms with Gasteiger partial charge in [0.05, 0.1) is 39.1 Å². The molecule has 2 fully saturated rings. The molecular formula is C66H106N14O34P6. The van der Waals surface area contributed by atoms with E-state index in [0.717, 1.165) is 85.8 Å². The molecule has 5 aromatic rings. The maximum atomic E-state index is 13.0. The molecule has 2 aliphatic rings. The van der Waals surface area contributed by atoms with Crippen molar-refractivity contribution in [2.45, 2.75) is 207 Å². The first-order chi connectivity index (χ1) is 55.6. The van der Waals surface area contributed by atoms with Gasteiger partial charge < -0.3 is 102 Å². The summed E-state index contributed by atoms with van der Waals surface area (Å²) >= 11 is 0. The van der Waals surface area contributed by atoms with Gasteiger partial charge in [0, 0.05) is 75.5 Å². The summed E-state index contributed by atoms with van der Waals surface area (Å²) in [5, 5.41) is 53.6. The normalized spacial score (nSPS) is 21.4. The van der Waals surface area contributed by atoms with Crippen LogP contribution in [0.3, 0.4) is 0 Å². The number of nitrogen functional groups attached to an aromatic ring is 2. The van der Waals surface area contributed by atoms with Gasteiger partial charge in [0.15, 0.2) is 35.4 Å². The van der Waals surface area contributed by atoms with Crippen molar-refractivity contribution in [3.05, 3.63) is 60.7 Å². The molecule has 4 aromatic heterocycles. The Bertz CT molecular complexity index is 4400. The number of rotatable bonds is 52. The Morgan fingerprint density at radius 1 is 0.500 bits per heavy atom. The number of phosphoric acid groups is 6. The molecule has 1 aromatic carbocycles. The average Bonchev–Trinajstić information content (AvgIpc) is 1.62. The van der Waals surface area contributed by atoms with E-state index in [9.17, 15) is 116 Å². The van der Waals surface area contributed by atoms with Crippen LogP contribution >= 0.6 is 46.9 Å². The summed E-state index contributed by atoms with van der Waals surface area (Å²) in [5.41, 5.74) is 10.1. The van der Waals surface area contributed by atoms with Gasteiger partial charge >= 0.3 is 46.9 Å². The number of Topliss-reactive ketones (excluding diaryl/α,β-unsaturated/α-hetero) is 2. The third-order valence-corrected chi connectivity index (χ3v) is 25.3. The van der Waals surface area contributed by atoms with E-state index >= 15 is 0 Å². The highest BCUT2D eigenvalue weighted by Gasteiger charge is 2.53. The lowest BCUT2D eigenvalue weighted by molar-refractivity contribution is -0.137. The number of nitrogens with one attached hydrogen (secondary N) is 4. The fraction of sp³-hybridized carbons (Fsp3) is 0.667. The Morgan fingerprint density at radius 3 is 1.21 bits per heavy atom. The Labute approximate surface area is 687 Å². The predicted molar refractivity (Wildman–Crippen MR) is 417 cm³/mol. The number of aromatic nitrogens is 8.